The van der Waals surface area contributed by atoms with Gasteiger partial charge in [-0.05, 0) is 44.1 Å². The largest absolute Gasteiger partial charge is 0.272 e. The van der Waals surface area contributed by atoms with E-state index in [0.29, 0.717) is 5.56 Å². The first-order chi connectivity index (χ1) is 11.0. The maximum absolute atomic E-state index is 12.7. The third-order valence-corrected chi connectivity index (χ3v) is 6.52. The van der Waals surface area contributed by atoms with Crippen molar-refractivity contribution < 1.29 is 14.4 Å². The SMILES string of the molecule is Cc1scc(C(=O)NN2C(=O)[C@@H]3[C@H](C2=O)[C@@H]2C=C[C@@H]3CC2)c1C. The number of thiophene rings is 1. The molecule has 2 bridgehead atoms. The molecule has 120 valence electrons. The lowest BCUT2D eigenvalue weighted by molar-refractivity contribution is -0.143. The lowest BCUT2D eigenvalue weighted by Gasteiger charge is -2.37. The fourth-order valence-corrected chi connectivity index (χ4v) is 4.95. The van der Waals surface area contributed by atoms with Crippen LogP contribution < -0.4 is 5.43 Å². The van der Waals surface area contributed by atoms with Crippen molar-refractivity contribution in [3.63, 3.8) is 0 Å². The van der Waals surface area contributed by atoms with Gasteiger partial charge in [-0.15, -0.1) is 11.3 Å². The van der Waals surface area contributed by atoms with Crippen LogP contribution in [0, 0.1) is 37.5 Å². The van der Waals surface area contributed by atoms with Crippen LogP contribution in [0.25, 0.3) is 0 Å². The number of aryl methyl sites for hydroxylation is 1. The second kappa shape index (κ2) is 5.03. The van der Waals surface area contributed by atoms with E-state index in [1.165, 1.54) is 11.3 Å². The van der Waals surface area contributed by atoms with Crippen molar-refractivity contribution in [1.82, 2.24) is 10.4 Å². The van der Waals surface area contributed by atoms with Gasteiger partial charge in [0, 0.05) is 10.3 Å². The minimum atomic E-state index is -0.382. The Morgan fingerprint density at radius 2 is 1.70 bits per heavy atom. The number of nitrogens with zero attached hydrogens (tertiary/aromatic N) is 1. The molecular weight excluding hydrogens is 312 g/mol. The Hall–Kier alpha value is -1.95. The number of amides is 3. The highest BCUT2D eigenvalue weighted by Gasteiger charge is 2.57. The average Bonchev–Trinajstić information content (AvgIpc) is 3.02. The highest BCUT2D eigenvalue weighted by molar-refractivity contribution is 7.10. The van der Waals surface area contributed by atoms with E-state index in [1.807, 2.05) is 13.8 Å². The maximum atomic E-state index is 12.7. The zero-order valence-electron chi connectivity index (χ0n) is 13.0. The molecule has 1 aromatic rings. The molecule has 1 aliphatic heterocycles. The molecule has 3 amide bonds. The maximum Gasteiger partial charge on any atom is 0.271 e. The van der Waals surface area contributed by atoms with Crippen molar-refractivity contribution in [3.05, 3.63) is 33.5 Å². The van der Waals surface area contributed by atoms with Crippen molar-refractivity contribution in [3.8, 4) is 0 Å². The average molecular weight is 330 g/mol. The van der Waals surface area contributed by atoms with Crippen molar-refractivity contribution in [2.45, 2.75) is 26.7 Å². The number of hydrazine groups is 1. The molecule has 0 unspecified atom stereocenters. The molecule has 1 saturated carbocycles. The van der Waals surface area contributed by atoms with Crippen molar-refractivity contribution >= 4 is 29.1 Å². The number of hydrogen-bond donors (Lipinski definition) is 1. The number of nitrogens with one attached hydrogen (secondary N) is 1. The van der Waals surface area contributed by atoms with Crippen LogP contribution in [0.4, 0.5) is 0 Å². The van der Waals surface area contributed by atoms with Gasteiger partial charge in [0.15, 0.2) is 0 Å². The Bertz CT molecular complexity index is 719. The molecule has 5 rings (SSSR count). The van der Waals surface area contributed by atoms with Crippen molar-refractivity contribution in [2.75, 3.05) is 0 Å². The minimum Gasteiger partial charge on any atom is -0.272 e. The van der Waals surface area contributed by atoms with E-state index >= 15 is 0 Å². The van der Waals surface area contributed by atoms with Crippen LogP contribution >= 0.6 is 11.3 Å². The number of fused-ring (bicyclic) bond motifs is 1. The van der Waals surface area contributed by atoms with Gasteiger partial charge in [-0.25, -0.2) is 0 Å². The smallest absolute Gasteiger partial charge is 0.271 e. The quantitative estimate of drug-likeness (QED) is 0.668. The lowest BCUT2D eigenvalue weighted by atomic mass is 9.63. The fourth-order valence-electron chi connectivity index (χ4n) is 4.08. The van der Waals surface area contributed by atoms with Gasteiger partial charge in [0.25, 0.3) is 17.7 Å². The summed E-state index contributed by atoms with van der Waals surface area (Å²) in [5, 5.41) is 2.74. The Balaban J connectivity index is 1.59. The van der Waals surface area contributed by atoms with E-state index in [0.717, 1.165) is 28.3 Å². The second-order valence-electron chi connectivity index (χ2n) is 6.62. The number of rotatable bonds is 2. The third kappa shape index (κ3) is 2.01. The van der Waals surface area contributed by atoms with Gasteiger partial charge in [-0.3, -0.25) is 19.8 Å². The van der Waals surface area contributed by atoms with E-state index in [1.54, 1.807) is 5.38 Å². The minimum absolute atomic E-state index is 0.133. The van der Waals surface area contributed by atoms with Gasteiger partial charge in [-0.2, -0.15) is 5.01 Å². The second-order valence-corrected chi connectivity index (χ2v) is 7.71. The van der Waals surface area contributed by atoms with Crippen molar-refractivity contribution in [2.24, 2.45) is 23.7 Å². The summed E-state index contributed by atoms with van der Waals surface area (Å²) >= 11 is 1.49. The Labute approximate surface area is 138 Å². The third-order valence-electron chi connectivity index (χ3n) is 5.50. The molecule has 5 nitrogen and oxygen atoms in total. The van der Waals surface area contributed by atoms with Gasteiger partial charge >= 0.3 is 0 Å². The molecule has 1 N–H and O–H groups in total. The van der Waals surface area contributed by atoms with Crippen LogP contribution in [0.2, 0.25) is 0 Å². The Morgan fingerprint density at radius 1 is 1.13 bits per heavy atom. The monoisotopic (exact) mass is 330 g/mol. The standard InChI is InChI=1S/C17H18N2O3S/c1-8-9(2)23-7-12(8)15(20)18-19-16(21)13-10-3-4-11(6-5-10)14(13)17(19)22/h3-4,7,10-11,13-14H,5-6H2,1-2H3,(H,18,20)/t10-,11-,13-,14+/m1/s1. The summed E-state index contributed by atoms with van der Waals surface area (Å²) in [7, 11) is 0. The van der Waals surface area contributed by atoms with Crippen LogP contribution in [-0.4, -0.2) is 22.7 Å². The molecule has 23 heavy (non-hydrogen) atoms. The molecular formula is C17H18N2O3S. The lowest BCUT2D eigenvalue weighted by Crippen LogP contribution is -2.46. The van der Waals surface area contributed by atoms with Gasteiger partial charge in [0.2, 0.25) is 0 Å². The molecule has 2 fully saturated rings. The summed E-state index contributed by atoms with van der Waals surface area (Å²) in [6, 6.07) is 0. The summed E-state index contributed by atoms with van der Waals surface area (Å²) in [6.07, 6.45) is 6.04. The predicted molar refractivity (Wildman–Crippen MR) is 85.4 cm³/mol. The van der Waals surface area contributed by atoms with E-state index in [4.69, 9.17) is 0 Å². The summed E-state index contributed by atoms with van der Waals surface area (Å²) in [5.74, 6) is -1.21. The fraction of sp³-hybridized carbons (Fsp3) is 0.471. The van der Waals surface area contributed by atoms with Crippen LogP contribution in [0.1, 0.15) is 33.6 Å². The Morgan fingerprint density at radius 3 is 2.13 bits per heavy atom. The van der Waals surface area contributed by atoms with E-state index in [2.05, 4.69) is 17.6 Å². The first-order valence-corrected chi connectivity index (χ1v) is 8.79. The zero-order chi connectivity index (χ0) is 16.3. The van der Waals surface area contributed by atoms with Gasteiger partial charge in [-0.1, -0.05) is 12.2 Å². The first kappa shape index (κ1) is 14.6. The van der Waals surface area contributed by atoms with Crippen LogP contribution in [0.15, 0.2) is 17.5 Å². The Kier molecular flexibility index (Phi) is 3.20. The molecule has 2 heterocycles. The number of carbonyl (C=O) groups excluding carboxylic acids is 3. The molecule has 1 aromatic heterocycles. The van der Waals surface area contributed by atoms with E-state index in [9.17, 15) is 14.4 Å². The van der Waals surface area contributed by atoms with E-state index in [-0.39, 0.29) is 41.4 Å². The predicted octanol–water partition coefficient (Wildman–Crippen LogP) is 2.21. The van der Waals surface area contributed by atoms with Gasteiger partial charge in [0.05, 0.1) is 17.4 Å². The van der Waals surface area contributed by atoms with Crippen LogP contribution in [-0.2, 0) is 9.59 Å². The molecule has 0 radical (unpaired) electrons. The number of allylic oxidation sites excluding steroid dienone is 2. The first-order valence-electron chi connectivity index (χ1n) is 7.91. The highest BCUT2D eigenvalue weighted by Crippen LogP contribution is 2.49. The molecule has 4 aliphatic rings. The normalized spacial score (nSPS) is 31.7. The summed E-state index contributed by atoms with van der Waals surface area (Å²) in [5.41, 5.74) is 3.97. The molecule has 0 aromatic carbocycles. The van der Waals surface area contributed by atoms with Crippen LogP contribution in [0.3, 0.4) is 0 Å². The van der Waals surface area contributed by atoms with Gasteiger partial charge in [0.1, 0.15) is 0 Å². The number of carbonyl (C=O) groups is 3. The number of hydrogen-bond acceptors (Lipinski definition) is 4. The summed E-state index contributed by atoms with van der Waals surface area (Å²) in [4.78, 5) is 38.8. The summed E-state index contributed by atoms with van der Waals surface area (Å²) in [6.45, 7) is 3.82. The topological polar surface area (TPSA) is 66.5 Å². The summed E-state index contributed by atoms with van der Waals surface area (Å²) < 4.78 is 0. The molecule has 0 spiro atoms. The number of imide groups is 1. The zero-order valence-corrected chi connectivity index (χ0v) is 13.9. The molecule has 4 atom stereocenters. The van der Waals surface area contributed by atoms with E-state index < -0.39 is 0 Å². The van der Waals surface area contributed by atoms with Gasteiger partial charge < -0.3 is 0 Å². The van der Waals surface area contributed by atoms with Crippen LogP contribution in [0.5, 0.6) is 0 Å². The molecule has 3 aliphatic carbocycles. The highest BCUT2D eigenvalue weighted by atomic mass is 32.1. The van der Waals surface area contributed by atoms with Crippen molar-refractivity contribution in [1.29, 1.82) is 0 Å². The molecule has 6 heteroatoms. The molecule has 1 saturated heterocycles.